The second-order valence-electron chi connectivity index (χ2n) is 4.29. The van der Waals surface area contributed by atoms with Crippen LogP contribution in [-0.4, -0.2) is 23.2 Å². The number of anilines is 2. The van der Waals surface area contributed by atoms with Crippen LogP contribution >= 0.6 is 11.3 Å². The predicted molar refractivity (Wildman–Crippen MR) is 80.8 cm³/mol. The van der Waals surface area contributed by atoms with E-state index in [1.165, 1.54) is 0 Å². The molecule has 0 aliphatic carbocycles. The molecular formula is C14H19N3OS. The summed E-state index contributed by atoms with van der Waals surface area (Å²) in [5, 5.41) is 20.3. The van der Waals surface area contributed by atoms with E-state index in [-0.39, 0.29) is 0 Å². The fourth-order valence-electron chi connectivity index (χ4n) is 1.67. The number of nitrogens with one attached hydrogen (secondary N) is 2. The Morgan fingerprint density at radius 2 is 2.05 bits per heavy atom. The monoisotopic (exact) mass is 277 g/mol. The Hall–Kier alpha value is -1.59. The minimum atomic E-state index is -0.500. The lowest BCUT2D eigenvalue weighted by Crippen LogP contribution is -2.13. The molecule has 4 nitrogen and oxygen atoms in total. The molecule has 2 aromatic heterocycles. The highest BCUT2D eigenvalue weighted by Gasteiger charge is 2.07. The fourth-order valence-corrected chi connectivity index (χ4v) is 2.38. The lowest BCUT2D eigenvalue weighted by atomic mass is 10.2. The van der Waals surface area contributed by atoms with Gasteiger partial charge in [0.2, 0.25) is 0 Å². The number of nitrogens with zero attached hydrogens (tertiary/aromatic N) is 1. The van der Waals surface area contributed by atoms with Crippen molar-refractivity contribution < 1.29 is 5.11 Å². The first-order valence-electron chi connectivity index (χ1n) is 6.44. The van der Waals surface area contributed by atoms with Gasteiger partial charge in [0, 0.05) is 13.1 Å². The molecule has 1 atom stereocenters. The molecule has 0 saturated heterocycles. The molecule has 19 heavy (non-hydrogen) atoms. The van der Waals surface area contributed by atoms with Crippen LogP contribution in [0.2, 0.25) is 0 Å². The number of pyridine rings is 1. The highest BCUT2D eigenvalue weighted by atomic mass is 32.1. The van der Waals surface area contributed by atoms with Gasteiger partial charge in [-0.25, -0.2) is 4.98 Å². The second-order valence-corrected chi connectivity index (χ2v) is 5.07. The molecule has 2 aromatic rings. The Labute approximate surface area is 117 Å². The van der Waals surface area contributed by atoms with Gasteiger partial charge in [-0.2, -0.15) is 11.3 Å². The maximum absolute atomic E-state index is 9.98. The summed E-state index contributed by atoms with van der Waals surface area (Å²) in [6.07, 6.45) is 0.566. The summed E-state index contributed by atoms with van der Waals surface area (Å²) in [6.45, 7) is 3.49. The van der Waals surface area contributed by atoms with E-state index >= 15 is 0 Å². The van der Waals surface area contributed by atoms with Crippen molar-refractivity contribution in [1.29, 1.82) is 0 Å². The minimum absolute atomic E-state index is 0.459. The van der Waals surface area contributed by atoms with Crippen LogP contribution in [0.15, 0.2) is 35.0 Å². The number of aliphatic hydroxyl groups excluding tert-OH is 1. The number of aliphatic hydroxyl groups is 1. The van der Waals surface area contributed by atoms with Crippen LogP contribution in [0.3, 0.4) is 0 Å². The maximum Gasteiger partial charge on any atom is 0.128 e. The van der Waals surface area contributed by atoms with Gasteiger partial charge in [-0.15, -0.1) is 0 Å². The molecule has 0 aromatic carbocycles. The zero-order valence-electron chi connectivity index (χ0n) is 11.0. The topological polar surface area (TPSA) is 57.2 Å². The molecule has 2 rings (SSSR count). The van der Waals surface area contributed by atoms with Gasteiger partial charge in [-0.1, -0.05) is 13.0 Å². The summed E-state index contributed by atoms with van der Waals surface area (Å²) in [5.74, 6) is 1.63. The smallest absolute Gasteiger partial charge is 0.128 e. The average Bonchev–Trinajstić information content (AvgIpc) is 2.97. The maximum atomic E-state index is 9.98. The molecule has 2 heterocycles. The van der Waals surface area contributed by atoms with Crippen molar-refractivity contribution in [3.05, 3.63) is 40.6 Å². The Kier molecular flexibility index (Phi) is 5.18. The van der Waals surface area contributed by atoms with E-state index in [1.54, 1.807) is 11.3 Å². The molecule has 0 saturated carbocycles. The molecule has 0 aliphatic rings. The number of aromatic nitrogens is 1. The van der Waals surface area contributed by atoms with E-state index in [2.05, 4.69) is 22.5 Å². The quantitative estimate of drug-likeness (QED) is 0.728. The number of hydrogen-bond acceptors (Lipinski definition) is 5. The van der Waals surface area contributed by atoms with E-state index in [4.69, 9.17) is 0 Å². The Morgan fingerprint density at radius 3 is 2.74 bits per heavy atom. The van der Waals surface area contributed by atoms with Crippen molar-refractivity contribution >= 4 is 23.0 Å². The van der Waals surface area contributed by atoms with Crippen molar-refractivity contribution in [3.8, 4) is 0 Å². The van der Waals surface area contributed by atoms with Gasteiger partial charge in [0.05, 0.1) is 6.10 Å². The average molecular weight is 277 g/mol. The van der Waals surface area contributed by atoms with E-state index in [0.717, 1.165) is 30.2 Å². The van der Waals surface area contributed by atoms with Crippen molar-refractivity contribution in [2.75, 3.05) is 23.7 Å². The molecule has 0 fully saturated rings. The largest absolute Gasteiger partial charge is 0.387 e. The molecule has 1 unspecified atom stereocenters. The Bertz CT molecular complexity index is 487. The van der Waals surface area contributed by atoms with Gasteiger partial charge in [0.15, 0.2) is 0 Å². The Morgan fingerprint density at radius 1 is 1.26 bits per heavy atom. The van der Waals surface area contributed by atoms with Crippen LogP contribution < -0.4 is 10.6 Å². The minimum Gasteiger partial charge on any atom is -0.387 e. The standard InChI is InChI=1S/C14H19N3OS/c1-2-7-15-13-4-3-5-14(17-13)16-9-12(18)11-6-8-19-10-11/h3-6,8,10,12,18H,2,7,9H2,1H3,(H2,15,16,17). The van der Waals surface area contributed by atoms with Crippen molar-refractivity contribution in [3.63, 3.8) is 0 Å². The van der Waals surface area contributed by atoms with Gasteiger partial charge in [0.25, 0.3) is 0 Å². The number of thiophene rings is 1. The van der Waals surface area contributed by atoms with Crippen LogP contribution in [0, 0.1) is 0 Å². The van der Waals surface area contributed by atoms with E-state index in [1.807, 2.05) is 35.0 Å². The SMILES string of the molecule is CCCNc1cccc(NCC(O)c2ccsc2)n1. The van der Waals surface area contributed by atoms with Crippen molar-refractivity contribution in [2.24, 2.45) is 0 Å². The third-order valence-corrected chi connectivity index (χ3v) is 3.41. The predicted octanol–water partition coefficient (Wildman–Crippen LogP) is 3.11. The lowest BCUT2D eigenvalue weighted by molar-refractivity contribution is 0.192. The zero-order valence-corrected chi connectivity index (χ0v) is 11.8. The number of rotatable bonds is 7. The van der Waals surface area contributed by atoms with E-state index in [0.29, 0.717) is 6.54 Å². The van der Waals surface area contributed by atoms with Gasteiger partial charge in [0.1, 0.15) is 11.6 Å². The zero-order chi connectivity index (χ0) is 13.5. The third kappa shape index (κ3) is 4.22. The van der Waals surface area contributed by atoms with Crippen molar-refractivity contribution in [2.45, 2.75) is 19.4 Å². The molecule has 102 valence electrons. The summed E-state index contributed by atoms with van der Waals surface area (Å²) in [4.78, 5) is 4.43. The van der Waals surface area contributed by atoms with Gasteiger partial charge >= 0.3 is 0 Å². The highest BCUT2D eigenvalue weighted by Crippen LogP contribution is 2.17. The molecule has 0 bridgehead atoms. The first-order valence-corrected chi connectivity index (χ1v) is 7.39. The number of hydrogen-bond donors (Lipinski definition) is 3. The van der Waals surface area contributed by atoms with E-state index < -0.39 is 6.10 Å². The summed E-state index contributed by atoms with van der Waals surface area (Å²) in [6, 6.07) is 7.72. The second kappa shape index (κ2) is 7.11. The molecular weight excluding hydrogens is 258 g/mol. The molecule has 0 spiro atoms. The molecule has 0 amide bonds. The van der Waals surface area contributed by atoms with Crippen LogP contribution in [0.25, 0.3) is 0 Å². The van der Waals surface area contributed by atoms with Crippen LogP contribution in [0.5, 0.6) is 0 Å². The third-order valence-electron chi connectivity index (χ3n) is 2.71. The van der Waals surface area contributed by atoms with Gasteiger partial charge in [-0.05, 0) is 40.9 Å². The van der Waals surface area contributed by atoms with Crippen LogP contribution in [-0.2, 0) is 0 Å². The van der Waals surface area contributed by atoms with Gasteiger partial charge in [-0.3, -0.25) is 0 Å². The van der Waals surface area contributed by atoms with E-state index in [9.17, 15) is 5.11 Å². The van der Waals surface area contributed by atoms with Crippen LogP contribution in [0.4, 0.5) is 11.6 Å². The first-order chi connectivity index (χ1) is 9.29. The van der Waals surface area contributed by atoms with Crippen LogP contribution in [0.1, 0.15) is 25.0 Å². The first kappa shape index (κ1) is 13.8. The fraction of sp³-hybridized carbons (Fsp3) is 0.357. The molecule has 5 heteroatoms. The summed E-state index contributed by atoms with van der Waals surface area (Å²) >= 11 is 1.59. The lowest BCUT2D eigenvalue weighted by Gasteiger charge is -2.12. The highest BCUT2D eigenvalue weighted by molar-refractivity contribution is 7.07. The summed E-state index contributed by atoms with van der Waals surface area (Å²) < 4.78 is 0. The molecule has 0 aliphatic heterocycles. The van der Waals surface area contributed by atoms with Gasteiger partial charge < -0.3 is 15.7 Å². The Balaban J connectivity index is 1.88. The van der Waals surface area contributed by atoms with Crippen molar-refractivity contribution in [1.82, 2.24) is 4.98 Å². The summed E-state index contributed by atoms with van der Waals surface area (Å²) in [7, 11) is 0. The molecule has 0 radical (unpaired) electrons. The summed E-state index contributed by atoms with van der Waals surface area (Å²) in [5.41, 5.74) is 0.942. The molecule has 3 N–H and O–H groups in total. The normalized spacial score (nSPS) is 12.1.